The molecule has 0 saturated heterocycles. The van der Waals surface area contributed by atoms with Gasteiger partial charge < -0.3 is 0 Å². The average Bonchev–Trinajstić information content (AvgIpc) is 2.17. The van der Waals surface area contributed by atoms with Gasteiger partial charge in [0, 0.05) is 11.5 Å². The van der Waals surface area contributed by atoms with Crippen LogP contribution in [0.2, 0.25) is 0 Å². The van der Waals surface area contributed by atoms with Crippen LogP contribution in [0, 0.1) is 29.1 Å². The number of hydrogen-bond acceptors (Lipinski definition) is 0. The zero-order valence-corrected chi connectivity index (χ0v) is 11.0. The molecule has 0 radical (unpaired) electrons. The molecule has 0 nitrogen and oxygen atoms in total. The Morgan fingerprint density at radius 3 is 2.00 bits per heavy atom. The first-order valence-electron chi connectivity index (χ1n) is 5.98. The molecule has 0 heterocycles. The molecule has 0 aromatic heterocycles. The van der Waals surface area contributed by atoms with E-state index in [2.05, 4.69) is 58.6 Å². The van der Waals surface area contributed by atoms with Crippen molar-refractivity contribution in [3.63, 3.8) is 0 Å². The molecule has 0 aliphatic heterocycles. The van der Waals surface area contributed by atoms with Crippen LogP contribution < -0.4 is 0 Å². The molecule has 0 spiro atoms. The van der Waals surface area contributed by atoms with Gasteiger partial charge in [0.25, 0.3) is 0 Å². The normalized spacial score (nSPS) is 13.1. The van der Waals surface area contributed by atoms with Crippen molar-refractivity contribution < 1.29 is 0 Å². The standard InChI is InChI=1S/C16H22/c1-13(2)15(16(3,4)5)12-11-14-9-7-6-8-10-14/h6-10,13,15H,1-5H3. The second-order valence-electron chi connectivity index (χ2n) is 5.72. The van der Waals surface area contributed by atoms with Gasteiger partial charge in [0.15, 0.2) is 0 Å². The maximum absolute atomic E-state index is 3.43. The monoisotopic (exact) mass is 214 g/mol. The van der Waals surface area contributed by atoms with Gasteiger partial charge in [-0.2, -0.15) is 0 Å². The fraction of sp³-hybridized carbons (Fsp3) is 0.500. The first kappa shape index (κ1) is 12.8. The van der Waals surface area contributed by atoms with Crippen LogP contribution in [0.15, 0.2) is 30.3 Å². The predicted octanol–water partition coefficient (Wildman–Crippen LogP) is 4.36. The summed E-state index contributed by atoms with van der Waals surface area (Å²) < 4.78 is 0. The Morgan fingerprint density at radius 1 is 1.00 bits per heavy atom. The molecule has 0 aliphatic carbocycles. The number of rotatable bonds is 1. The molecule has 0 amide bonds. The molecule has 1 rings (SSSR count). The van der Waals surface area contributed by atoms with Gasteiger partial charge in [-0.1, -0.05) is 64.7 Å². The van der Waals surface area contributed by atoms with E-state index in [0.29, 0.717) is 11.8 Å². The molecule has 0 bridgehead atoms. The molecule has 0 fully saturated rings. The molecule has 1 atom stereocenters. The fourth-order valence-electron chi connectivity index (χ4n) is 2.07. The summed E-state index contributed by atoms with van der Waals surface area (Å²) in [6, 6.07) is 10.2. The highest BCUT2D eigenvalue weighted by molar-refractivity contribution is 5.34. The van der Waals surface area contributed by atoms with Crippen molar-refractivity contribution in [1.29, 1.82) is 0 Å². The zero-order chi connectivity index (χ0) is 12.2. The summed E-state index contributed by atoms with van der Waals surface area (Å²) in [5.74, 6) is 7.74. The van der Waals surface area contributed by atoms with Crippen LogP contribution in [0.5, 0.6) is 0 Å². The predicted molar refractivity (Wildman–Crippen MR) is 71.1 cm³/mol. The van der Waals surface area contributed by atoms with Crippen LogP contribution >= 0.6 is 0 Å². The third-order valence-corrected chi connectivity index (χ3v) is 2.75. The van der Waals surface area contributed by atoms with E-state index < -0.39 is 0 Å². The first-order valence-corrected chi connectivity index (χ1v) is 5.98. The van der Waals surface area contributed by atoms with Crippen LogP contribution in [0.3, 0.4) is 0 Å². The van der Waals surface area contributed by atoms with Gasteiger partial charge >= 0.3 is 0 Å². The van der Waals surface area contributed by atoms with E-state index in [4.69, 9.17) is 0 Å². The second kappa shape index (κ2) is 5.21. The van der Waals surface area contributed by atoms with Gasteiger partial charge in [0.05, 0.1) is 0 Å². The van der Waals surface area contributed by atoms with Crippen LogP contribution in [-0.2, 0) is 0 Å². The summed E-state index contributed by atoms with van der Waals surface area (Å²) in [6.07, 6.45) is 0. The Bertz CT molecular complexity index is 368. The first-order chi connectivity index (χ1) is 7.41. The van der Waals surface area contributed by atoms with E-state index in [0.717, 1.165) is 5.56 Å². The molecule has 0 heteroatoms. The van der Waals surface area contributed by atoms with Crippen molar-refractivity contribution in [3.05, 3.63) is 35.9 Å². The zero-order valence-electron chi connectivity index (χ0n) is 11.0. The minimum absolute atomic E-state index is 0.246. The van der Waals surface area contributed by atoms with Crippen molar-refractivity contribution in [2.75, 3.05) is 0 Å². The lowest BCUT2D eigenvalue weighted by Gasteiger charge is -2.29. The Labute approximate surface area is 100 Å². The average molecular weight is 214 g/mol. The SMILES string of the molecule is CC(C)C(C#Cc1ccccc1)C(C)(C)C. The summed E-state index contributed by atoms with van der Waals surface area (Å²) >= 11 is 0. The smallest absolute Gasteiger partial charge is 0.0278 e. The third-order valence-electron chi connectivity index (χ3n) is 2.75. The Morgan fingerprint density at radius 2 is 1.56 bits per heavy atom. The number of hydrogen-bond donors (Lipinski definition) is 0. The molecule has 0 saturated carbocycles. The van der Waals surface area contributed by atoms with Crippen LogP contribution in [0.25, 0.3) is 0 Å². The molecule has 16 heavy (non-hydrogen) atoms. The summed E-state index contributed by atoms with van der Waals surface area (Å²) in [5, 5.41) is 0. The van der Waals surface area contributed by atoms with Crippen molar-refractivity contribution in [2.45, 2.75) is 34.6 Å². The summed E-state index contributed by atoms with van der Waals surface area (Å²) in [7, 11) is 0. The van der Waals surface area contributed by atoms with Gasteiger partial charge in [0.2, 0.25) is 0 Å². The number of benzene rings is 1. The summed E-state index contributed by atoms with van der Waals surface area (Å²) in [4.78, 5) is 0. The molecule has 86 valence electrons. The molecule has 0 N–H and O–H groups in total. The lowest BCUT2D eigenvalue weighted by molar-refractivity contribution is 0.240. The van der Waals surface area contributed by atoms with Crippen molar-refractivity contribution in [1.82, 2.24) is 0 Å². The summed E-state index contributed by atoms with van der Waals surface area (Å²) in [5.41, 5.74) is 1.35. The van der Waals surface area contributed by atoms with E-state index in [9.17, 15) is 0 Å². The minimum Gasteiger partial charge on any atom is -0.0937 e. The maximum Gasteiger partial charge on any atom is 0.0278 e. The van der Waals surface area contributed by atoms with Crippen LogP contribution in [0.1, 0.15) is 40.2 Å². The lowest BCUT2D eigenvalue weighted by Crippen LogP contribution is -2.23. The highest BCUT2D eigenvalue weighted by Crippen LogP contribution is 2.31. The maximum atomic E-state index is 3.43. The molecule has 1 unspecified atom stereocenters. The molecular formula is C16H22. The molecule has 1 aromatic carbocycles. The van der Waals surface area contributed by atoms with Crippen LogP contribution in [-0.4, -0.2) is 0 Å². The van der Waals surface area contributed by atoms with Crippen molar-refractivity contribution in [2.24, 2.45) is 17.3 Å². The van der Waals surface area contributed by atoms with Crippen LogP contribution in [0.4, 0.5) is 0 Å². The van der Waals surface area contributed by atoms with Gasteiger partial charge in [-0.25, -0.2) is 0 Å². The molecule has 1 aromatic rings. The Kier molecular flexibility index (Phi) is 4.19. The fourth-order valence-corrected chi connectivity index (χ4v) is 2.07. The van der Waals surface area contributed by atoms with Gasteiger partial charge in [-0.05, 0) is 23.5 Å². The second-order valence-corrected chi connectivity index (χ2v) is 5.72. The van der Waals surface area contributed by atoms with Gasteiger partial charge in [-0.3, -0.25) is 0 Å². The highest BCUT2D eigenvalue weighted by Gasteiger charge is 2.25. The minimum atomic E-state index is 0.246. The highest BCUT2D eigenvalue weighted by atomic mass is 14.3. The van der Waals surface area contributed by atoms with Crippen molar-refractivity contribution in [3.8, 4) is 11.8 Å². The van der Waals surface area contributed by atoms with Gasteiger partial charge in [-0.15, -0.1) is 0 Å². The third kappa shape index (κ3) is 3.74. The largest absolute Gasteiger partial charge is 0.0937 e. The van der Waals surface area contributed by atoms with Crippen molar-refractivity contribution >= 4 is 0 Å². The Balaban J connectivity index is 2.90. The van der Waals surface area contributed by atoms with E-state index in [-0.39, 0.29) is 5.41 Å². The van der Waals surface area contributed by atoms with E-state index >= 15 is 0 Å². The topological polar surface area (TPSA) is 0 Å². The molecule has 0 aliphatic rings. The Hall–Kier alpha value is -1.22. The van der Waals surface area contributed by atoms with E-state index in [1.807, 2.05) is 18.2 Å². The quantitative estimate of drug-likeness (QED) is 0.609. The van der Waals surface area contributed by atoms with E-state index in [1.165, 1.54) is 0 Å². The lowest BCUT2D eigenvalue weighted by atomic mass is 9.75. The van der Waals surface area contributed by atoms with Gasteiger partial charge in [0.1, 0.15) is 0 Å². The summed E-state index contributed by atoms with van der Waals surface area (Å²) in [6.45, 7) is 11.3. The molecular weight excluding hydrogens is 192 g/mol. The van der Waals surface area contributed by atoms with E-state index in [1.54, 1.807) is 0 Å².